The predicted molar refractivity (Wildman–Crippen MR) is 172 cm³/mol. The number of aromatic carboxylic acids is 1. The number of carbonyl (C=O) groups excluding carboxylic acids is 2. The molecule has 2 aromatic carbocycles. The summed E-state index contributed by atoms with van der Waals surface area (Å²) in [4.78, 5) is 42.9. The van der Waals surface area contributed by atoms with Crippen LogP contribution in [0.1, 0.15) is 86.3 Å². The summed E-state index contributed by atoms with van der Waals surface area (Å²) >= 11 is 0. The first-order valence-corrected chi connectivity index (χ1v) is 15.7. The molecular formula is C34H48ClN3O6. The Morgan fingerprint density at radius 2 is 1.68 bits per heavy atom. The van der Waals surface area contributed by atoms with E-state index < -0.39 is 23.7 Å². The van der Waals surface area contributed by atoms with Gasteiger partial charge in [-0.05, 0) is 54.0 Å². The Balaban J connectivity index is 0.00000529. The molecule has 0 unspecified atom stereocenters. The van der Waals surface area contributed by atoms with Gasteiger partial charge in [0.1, 0.15) is 17.3 Å². The lowest BCUT2D eigenvalue weighted by Gasteiger charge is -2.52. The zero-order valence-electron chi connectivity index (χ0n) is 26.4. The van der Waals surface area contributed by atoms with Crippen molar-refractivity contribution in [2.24, 2.45) is 5.92 Å². The second-order valence-electron chi connectivity index (χ2n) is 12.0. The Labute approximate surface area is 267 Å². The zero-order valence-corrected chi connectivity index (χ0v) is 27.2. The molecule has 2 aliphatic heterocycles. The number of aliphatic hydroxyl groups is 1. The van der Waals surface area contributed by atoms with Gasteiger partial charge in [0, 0.05) is 32.6 Å². The normalized spacial score (nSPS) is 19.0. The van der Waals surface area contributed by atoms with Crippen molar-refractivity contribution < 1.29 is 29.3 Å². The largest absolute Gasteiger partial charge is 0.496 e. The predicted octanol–water partition coefficient (Wildman–Crippen LogP) is 4.66. The molecule has 3 N–H and O–H groups in total. The maximum absolute atomic E-state index is 13.8. The van der Waals surface area contributed by atoms with Crippen molar-refractivity contribution in [1.82, 2.24) is 15.1 Å². The number of piperazine rings is 1. The molecule has 2 saturated heterocycles. The van der Waals surface area contributed by atoms with Gasteiger partial charge in [0.25, 0.3) is 0 Å². The fourth-order valence-electron chi connectivity index (χ4n) is 6.60. The van der Waals surface area contributed by atoms with Crippen LogP contribution in [0.4, 0.5) is 0 Å². The van der Waals surface area contributed by atoms with Crippen LogP contribution in [0.15, 0.2) is 42.5 Å². The summed E-state index contributed by atoms with van der Waals surface area (Å²) in [5.41, 5.74) is 2.50. The fourth-order valence-corrected chi connectivity index (χ4v) is 6.60. The molecule has 0 aromatic heterocycles. The molecule has 242 valence electrons. The number of carbonyl (C=O) groups is 3. The third-order valence-corrected chi connectivity index (χ3v) is 9.41. The molecule has 1 spiro atoms. The van der Waals surface area contributed by atoms with Crippen molar-refractivity contribution in [3.63, 3.8) is 0 Å². The number of aliphatic hydroxyl groups excluding tert-OH is 1. The van der Waals surface area contributed by atoms with E-state index in [9.17, 15) is 24.6 Å². The van der Waals surface area contributed by atoms with Gasteiger partial charge in [-0.15, -0.1) is 12.4 Å². The highest BCUT2D eigenvalue weighted by atomic mass is 35.5. The summed E-state index contributed by atoms with van der Waals surface area (Å²) < 4.78 is 5.43. The molecule has 0 radical (unpaired) electrons. The van der Waals surface area contributed by atoms with Gasteiger partial charge in [0.05, 0.1) is 18.8 Å². The number of carboxylic acid groups (broad SMARTS) is 1. The quantitative estimate of drug-likeness (QED) is 0.295. The first-order chi connectivity index (χ1) is 20.7. The summed E-state index contributed by atoms with van der Waals surface area (Å²) in [6.07, 6.45) is 4.10. The van der Waals surface area contributed by atoms with Gasteiger partial charge >= 0.3 is 5.97 Å². The number of halogens is 1. The van der Waals surface area contributed by atoms with Gasteiger partial charge in [-0.25, -0.2) is 4.79 Å². The van der Waals surface area contributed by atoms with Crippen molar-refractivity contribution in [3.8, 4) is 5.75 Å². The van der Waals surface area contributed by atoms with Crippen molar-refractivity contribution in [3.05, 3.63) is 64.7 Å². The molecule has 44 heavy (non-hydrogen) atoms. The fraction of sp³-hybridized carbons (Fsp3) is 0.559. The SMILES string of the molecule is CCCCN1C(=O)[C@@H]([C@H](O)C(CC)CC)NC(=O)C12CCN(Cc1ccc(Cc3ccc(C(=O)O)cc3OC)cc1)CC2.Cl. The number of likely N-dealkylation sites (tertiary alicyclic amines) is 1. The van der Waals surface area contributed by atoms with E-state index in [2.05, 4.69) is 41.4 Å². The average Bonchev–Trinajstić information content (AvgIpc) is 3.01. The van der Waals surface area contributed by atoms with Crippen molar-refractivity contribution in [1.29, 1.82) is 0 Å². The minimum Gasteiger partial charge on any atom is -0.496 e. The minimum absolute atomic E-state index is 0. The molecule has 2 amide bonds. The number of nitrogens with one attached hydrogen (secondary N) is 1. The molecular weight excluding hydrogens is 582 g/mol. The number of unbranched alkanes of at least 4 members (excludes halogenated alkanes) is 1. The highest BCUT2D eigenvalue weighted by Gasteiger charge is 2.55. The molecule has 10 heteroatoms. The van der Waals surface area contributed by atoms with E-state index in [1.807, 2.05) is 13.8 Å². The average molecular weight is 630 g/mol. The van der Waals surface area contributed by atoms with Crippen molar-refractivity contribution >= 4 is 30.2 Å². The lowest BCUT2D eigenvalue weighted by Crippen LogP contribution is -2.75. The number of methoxy groups -OCH3 is 1. The van der Waals surface area contributed by atoms with Crippen LogP contribution in [0.25, 0.3) is 0 Å². The number of rotatable bonds is 13. The maximum Gasteiger partial charge on any atom is 0.335 e. The lowest BCUT2D eigenvalue weighted by atomic mass is 9.79. The summed E-state index contributed by atoms with van der Waals surface area (Å²) in [7, 11) is 1.54. The van der Waals surface area contributed by atoms with E-state index >= 15 is 0 Å². The third-order valence-electron chi connectivity index (χ3n) is 9.41. The summed E-state index contributed by atoms with van der Waals surface area (Å²) in [6, 6.07) is 12.4. The topological polar surface area (TPSA) is 119 Å². The van der Waals surface area contributed by atoms with Crippen LogP contribution < -0.4 is 10.1 Å². The molecule has 2 aromatic rings. The number of amides is 2. The Morgan fingerprint density at radius 1 is 1.05 bits per heavy atom. The summed E-state index contributed by atoms with van der Waals surface area (Å²) in [5, 5.41) is 23.2. The number of hydrogen-bond donors (Lipinski definition) is 3. The Bertz CT molecular complexity index is 1270. The first-order valence-electron chi connectivity index (χ1n) is 15.7. The zero-order chi connectivity index (χ0) is 31.1. The van der Waals surface area contributed by atoms with E-state index in [4.69, 9.17) is 4.74 Å². The molecule has 9 nitrogen and oxygen atoms in total. The first kappa shape index (κ1) is 35.3. The van der Waals surface area contributed by atoms with Crippen LogP contribution in [-0.4, -0.2) is 82.2 Å². The lowest BCUT2D eigenvalue weighted by molar-refractivity contribution is -0.165. The second kappa shape index (κ2) is 15.7. The van der Waals surface area contributed by atoms with E-state index in [-0.39, 0.29) is 35.7 Å². The van der Waals surface area contributed by atoms with Crippen molar-refractivity contribution in [2.75, 3.05) is 26.7 Å². The van der Waals surface area contributed by atoms with E-state index in [1.54, 1.807) is 30.2 Å². The second-order valence-corrected chi connectivity index (χ2v) is 12.0. The smallest absolute Gasteiger partial charge is 0.335 e. The molecule has 2 aliphatic rings. The molecule has 0 saturated carbocycles. The van der Waals surface area contributed by atoms with Gasteiger partial charge in [-0.3, -0.25) is 14.5 Å². The van der Waals surface area contributed by atoms with Crippen LogP contribution in [0.5, 0.6) is 5.75 Å². The van der Waals surface area contributed by atoms with Gasteiger partial charge in [-0.2, -0.15) is 0 Å². The van der Waals surface area contributed by atoms with Crippen LogP contribution in [0.3, 0.4) is 0 Å². The minimum atomic E-state index is -0.984. The Morgan fingerprint density at radius 3 is 2.25 bits per heavy atom. The monoisotopic (exact) mass is 629 g/mol. The van der Waals surface area contributed by atoms with Crippen LogP contribution in [-0.2, 0) is 22.6 Å². The number of hydrogen-bond acceptors (Lipinski definition) is 6. The number of ether oxygens (including phenoxy) is 1. The number of benzene rings is 2. The van der Waals surface area contributed by atoms with Crippen LogP contribution in [0, 0.1) is 5.92 Å². The van der Waals surface area contributed by atoms with Crippen LogP contribution in [0.2, 0.25) is 0 Å². The molecule has 2 fully saturated rings. The van der Waals surface area contributed by atoms with Crippen LogP contribution >= 0.6 is 12.4 Å². The van der Waals surface area contributed by atoms with Gasteiger partial charge in [-0.1, -0.05) is 70.4 Å². The standard InChI is InChI=1S/C34H47N3O6.ClH/c1-5-8-17-37-31(39)29(30(38)25(6-2)7-3)35-33(42)34(37)15-18-36(19-16-34)22-24-11-9-23(10-12-24)20-26-13-14-27(32(40)41)21-28(26)43-4;/h9-14,21,25,29-30,38H,5-8,15-20,22H2,1-4H3,(H,35,42)(H,40,41);1H/t29-,30-;/m1./s1. The highest BCUT2D eigenvalue weighted by molar-refractivity contribution is 6.00. The van der Waals surface area contributed by atoms with Gasteiger partial charge in [0.2, 0.25) is 11.8 Å². The molecule has 4 rings (SSSR count). The number of carboxylic acids is 1. The van der Waals surface area contributed by atoms with E-state index in [0.29, 0.717) is 44.6 Å². The molecule has 2 heterocycles. The molecule has 2 atom stereocenters. The Kier molecular flexibility index (Phi) is 12.6. The summed E-state index contributed by atoms with van der Waals surface area (Å²) in [5.74, 6) is -0.744. The highest BCUT2D eigenvalue weighted by Crippen LogP contribution is 2.35. The van der Waals surface area contributed by atoms with Gasteiger partial charge < -0.3 is 25.2 Å². The number of nitrogens with zero attached hydrogens (tertiary/aromatic N) is 2. The summed E-state index contributed by atoms with van der Waals surface area (Å²) in [6.45, 7) is 8.75. The maximum atomic E-state index is 13.8. The number of piperidine rings is 1. The van der Waals surface area contributed by atoms with Crippen molar-refractivity contribution in [2.45, 2.75) is 89.9 Å². The molecule has 0 bridgehead atoms. The van der Waals surface area contributed by atoms with Gasteiger partial charge in [0.15, 0.2) is 0 Å². The Hall–Kier alpha value is -3.14. The third kappa shape index (κ3) is 7.56. The van der Waals surface area contributed by atoms with E-state index in [0.717, 1.165) is 48.9 Å². The molecule has 0 aliphatic carbocycles. The van der Waals surface area contributed by atoms with E-state index in [1.165, 1.54) is 0 Å².